The van der Waals surface area contributed by atoms with Crippen LogP contribution in [0.4, 0.5) is 0 Å². The zero-order chi connectivity index (χ0) is 90.6. The Morgan fingerprint density at radius 3 is 1.02 bits per heavy atom. The summed E-state index contributed by atoms with van der Waals surface area (Å²) in [6, 6.07) is -2.92. The van der Waals surface area contributed by atoms with Gasteiger partial charge in [-0.2, -0.15) is 0 Å². The van der Waals surface area contributed by atoms with Crippen molar-refractivity contribution in [3.8, 4) is 0 Å². The minimum Gasteiger partial charge on any atom is -0.462 e. The highest BCUT2D eigenvalue weighted by Crippen LogP contribution is 2.43. The van der Waals surface area contributed by atoms with Crippen molar-refractivity contribution >= 4 is 43.5 Å². The van der Waals surface area contributed by atoms with Crippen LogP contribution in [0.25, 0.3) is 0 Å². The van der Waals surface area contributed by atoms with Gasteiger partial charge in [0.05, 0.1) is 63.8 Å². The molecule has 0 aromatic carbocycles. The van der Waals surface area contributed by atoms with Gasteiger partial charge >= 0.3 is 31.7 Å². The molecule has 124 heavy (non-hydrogen) atoms. The maximum absolute atomic E-state index is 14.8. The Kier molecular flexibility index (Phi) is 75.8. The monoisotopic (exact) mass is 1790 g/mol. The van der Waals surface area contributed by atoms with E-state index >= 15 is 0 Å². The number of ether oxygens (including phenoxy) is 7. The predicted octanol–water partition coefficient (Wildman–Crippen LogP) is 23.5. The molecule has 8 N–H and O–H groups in total. The molecular weight excluding hydrogens is 1600 g/mol. The van der Waals surface area contributed by atoms with Crippen LogP contribution in [0.5, 0.6) is 0 Å². The molecule has 2 saturated heterocycles. The lowest BCUT2D eigenvalue weighted by atomic mass is 9.95. The maximum atomic E-state index is 14.8. The molecule has 2 aliphatic rings. The third-order valence-electron chi connectivity index (χ3n) is 25.1. The molecule has 730 valence electrons. The van der Waals surface area contributed by atoms with Gasteiger partial charge in [-0.25, -0.2) is 4.57 Å². The maximum Gasteiger partial charge on any atom is 0.470 e. The summed E-state index contributed by atoms with van der Waals surface area (Å²) in [7, 11) is -5.56. The fraction of sp³-hybridized carbons (Fsp3) is 0.940. The summed E-state index contributed by atoms with van der Waals surface area (Å²) >= 11 is 0. The van der Waals surface area contributed by atoms with E-state index in [1.807, 2.05) is 0 Å². The van der Waals surface area contributed by atoms with E-state index in [0.29, 0.717) is 51.4 Å². The highest BCUT2D eigenvalue weighted by atomic mass is 31.2. The third-order valence-corrected chi connectivity index (χ3v) is 25.6. The summed E-state index contributed by atoms with van der Waals surface area (Å²) < 4.78 is 62.1. The van der Waals surface area contributed by atoms with Gasteiger partial charge in [-0.3, -0.25) is 33.3 Å². The second kappa shape index (κ2) is 80.5. The second-order valence-corrected chi connectivity index (χ2v) is 38.2. The van der Waals surface area contributed by atoms with Gasteiger partial charge in [0.1, 0.15) is 42.7 Å². The number of esters is 4. The van der Waals surface area contributed by atoms with Gasteiger partial charge in [-0.15, -0.1) is 0 Å². The molecule has 0 aromatic heterocycles. The lowest BCUT2D eigenvalue weighted by Gasteiger charge is -2.46. The highest BCUT2D eigenvalue weighted by molar-refractivity contribution is 7.46. The number of carbonyl (C=O) groups excluding carboxylic acids is 6. The van der Waals surface area contributed by atoms with Crippen LogP contribution < -0.4 is 10.6 Å². The fourth-order valence-corrected chi connectivity index (χ4v) is 18.0. The second-order valence-electron chi connectivity index (χ2n) is 37.0. The molecule has 24 heteroatoms. The number of nitrogens with one attached hydrogen (secondary N) is 2. The zero-order valence-electron chi connectivity index (χ0n) is 79.8. The topological polar surface area (TPSA) is 339 Å². The SMILES string of the molecule is CCCCCCCCCCCCCCCC(=O)O[C@H](CCCCCCCCCCC)CC(=O)O[C@@H]1[C@@H](NC(=O)C[C@H](O)CCCCCCCCCCC)[C@H](OC[C@H]2OC[C@H](NC(=O)C[C@H](CCCCCCCCCCC)OC(=O)CCCCCCCCCCCCCCC)[C@@H](OC(=O)C[C@H](O)CCCCCCCCCCC)[C@@H]2O)O[C@H](CO)[C@H]1OP(=O)(O)O. The van der Waals surface area contributed by atoms with Gasteiger partial charge in [0, 0.05) is 12.8 Å². The Labute approximate surface area is 754 Å². The third kappa shape index (κ3) is 64.4. The molecule has 0 spiro atoms. The number of hydrogen-bond donors (Lipinski definition) is 8. The van der Waals surface area contributed by atoms with Crippen LogP contribution in [0.2, 0.25) is 0 Å². The van der Waals surface area contributed by atoms with Crippen molar-refractivity contribution < 1.29 is 101 Å². The summed E-state index contributed by atoms with van der Waals surface area (Å²) in [5.41, 5.74) is 0. The van der Waals surface area contributed by atoms with Crippen LogP contribution >= 0.6 is 7.82 Å². The summed E-state index contributed by atoms with van der Waals surface area (Å²) in [6.07, 6.45) is 51.3. The minimum absolute atomic E-state index is 0.133. The average molecular weight is 1790 g/mol. The molecule has 13 atom stereocenters. The van der Waals surface area contributed by atoms with Crippen LogP contribution in [0.15, 0.2) is 0 Å². The van der Waals surface area contributed by atoms with Gasteiger partial charge in [0.25, 0.3) is 0 Å². The highest BCUT2D eigenvalue weighted by Gasteiger charge is 2.53. The summed E-state index contributed by atoms with van der Waals surface area (Å²) in [5.74, 6) is -4.06. The number of amides is 2. The number of unbranched alkanes of at least 4 members (excludes halogenated alkanes) is 56. The van der Waals surface area contributed by atoms with Crippen LogP contribution in [0, 0.1) is 0 Å². The van der Waals surface area contributed by atoms with E-state index < -0.39 is 149 Å². The summed E-state index contributed by atoms with van der Waals surface area (Å²) in [5, 5.41) is 52.0. The first-order valence-electron chi connectivity index (χ1n) is 51.9. The zero-order valence-corrected chi connectivity index (χ0v) is 80.7. The molecule has 2 heterocycles. The molecule has 0 aromatic rings. The van der Waals surface area contributed by atoms with Crippen molar-refractivity contribution in [1.82, 2.24) is 10.6 Å². The van der Waals surface area contributed by atoms with Crippen molar-refractivity contribution in [3.63, 3.8) is 0 Å². The summed E-state index contributed by atoms with van der Waals surface area (Å²) in [4.78, 5) is 107. The molecule has 0 radical (unpaired) electrons. The van der Waals surface area contributed by atoms with Gasteiger partial charge in [-0.1, -0.05) is 414 Å². The van der Waals surface area contributed by atoms with E-state index in [2.05, 4.69) is 52.2 Å². The number of phosphoric acid groups is 1. The Morgan fingerprint density at radius 2 is 0.669 bits per heavy atom. The Bertz CT molecular complexity index is 2590. The molecule has 0 saturated carbocycles. The smallest absolute Gasteiger partial charge is 0.462 e. The van der Waals surface area contributed by atoms with E-state index in [-0.39, 0.29) is 38.3 Å². The van der Waals surface area contributed by atoms with Gasteiger partial charge in [-0.05, 0) is 51.4 Å². The number of aliphatic hydroxyl groups excluding tert-OH is 4. The molecular formula is C100H189N2O21P. The number of aliphatic hydroxyl groups is 4. The van der Waals surface area contributed by atoms with E-state index in [1.165, 1.54) is 186 Å². The Hall–Kier alpha value is -3.35. The van der Waals surface area contributed by atoms with Crippen molar-refractivity contribution in [2.24, 2.45) is 0 Å². The van der Waals surface area contributed by atoms with Crippen molar-refractivity contribution in [3.05, 3.63) is 0 Å². The number of rotatable bonds is 88. The van der Waals surface area contributed by atoms with E-state index in [0.717, 1.165) is 180 Å². The van der Waals surface area contributed by atoms with Crippen LogP contribution in [-0.2, 0) is 71.0 Å². The molecule has 2 rings (SSSR count). The normalized spacial score (nSPS) is 19.6. The van der Waals surface area contributed by atoms with Crippen molar-refractivity contribution in [1.29, 1.82) is 0 Å². The first-order valence-corrected chi connectivity index (χ1v) is 53.4. The lowest BCUT2D eigenvalue weighted by molar-refractivity contribution is -0.282. The van der Waals surface area contributed by atoms with Crippen molar-refractivity contribution in [2.45, 2.75) is 583 Å². The van der Waals surface area contributed by atoms with Gasteiger partial charge in [0.15, 0.2) is 18.5 Å². The molecule has 0 bridgehead atoms. The first-order chi connectivity index (χ1) is 60.2. The van der Waals surface area contributed by atoms with Crippen molar-refractivity contribution in [2.75, 3.05) is 19.8 Å². The fourth-order valence-electron chi connectivity index (χ4n) is 17.4. The molecule has 2 amide bonds. The lowest BCUT2D eigenvalue weighted by Crippen LogP contribution is -2.67. The minimum atomic E-state index is -5.56. The number of carbonyl (C=O) groups is 6. The number of hydrogen-bond acceptors (Lipinski definition) is 19. The standard InChI is InChI=1S/C100H189N2O21P/c1-7-13-19-25-31-37-39-41-43-49-55-61-67-73-91(108)118-84(71-65-59-53-47-35-29-23-17-11-5)77-90(107)101-86-80-116-88(96(112)97(86)121-93(110)76-83(105)70-64-58-52-46-34-28-22-16-10-4)81-117-100-95(102-89(106)75-82(104)69-63-57-51-45-33-27-21-15-9-3)99(98(87(79-103)120-100)123-124(113,114)115)122-94(111)78-85(72-66-60-54-48-36-30-24-18-12-6)119-92(109)74-68-62-56-50-44-42-40-38-32-26-20-14-8-2/h82-88,95-100,103-105,112H,7-81H2,1-6H3,(H,101,107)(H,102,106)(H2,113,114,115)/t82-,83-,84+,85-,86+,87-,88-,95-,96-,97-,98-,99-,100-/m1/s1. The van der Waals surface area contributed by atoms with Crippen LogP contribution in [-0.4, -0.2) is 165 Å². The van der Waals surface area contributed by atoms with Crippen LogP contribution in [0.3, 0.4) is 0 Å². The molecule has 0 aliphatic carbocycles. The van der Waals surface area contributed by atoms with E-state index in [9.17, 15) is 63.5 Å². The van der Waals surface area contributed by atoms with Crippen LogP contribution in [0.1, 0.15) is 504 Å². The van der Waals surface area contributed by atoms with Gasteiger partial charge < -0.3 is 74.0 Å². The predicted molar refractivity (Wildman–Crippen MR) is 496 cm³/mol. The molecule has 2 fully saturated rings. The largest absolute Gasteiger partial charge is 0.470 e. The quantitative estimate of drug-likeness (QED) is 0.0121. The average Bonchev–Trinajstić information content (AvgIpc) is 0.778. The Morgan fingerprint density at radius 1 is 0.363 bits per heavy atom. The molecule has 2 aliphatic heterocycles. The Balaban J connectivity index is 2.60. The van der Waals surface area contributed by atoms with E-state index in [4.69, 9.17) is 37.7 Å². The molecule has 23 nitrogen and oxygen atoms in total. The van der Waals surface area contributed by atoms with E-state index in [1.54, 1.807) is 0 Å². The molecule has 0 unspecified atom stereocenters. The first kappa shape index (κ1) is 117. The summed E-state index contributed by atoms with van der Waals surface area (Å²) in [6.45, 7) is 11.2. The van der Waals surface area contributed by atoms with Gasteiger partial charge in [0.2, 0.25) is 11.8 Å². The number of phosphoric ester groups is 1.